The number of anilines is 1. The Morgan fingerprint density at radius 1 is 1.25 bits per heavy atom. The van der Waals surface area contributed by atoms with E-state index < -0.39 is 6.04 Å². The summed E-state index contributed by atoms with van der Waals surface area (Å²) in [6.07, 6.45) is 0.450. The van der Waals surface area contributed by atoms with Crippen LogP contribution in [0.4, 0.5) is 10.1 Å². The maximum Gasteiger partial charge on any atom is 0.241 e. The van der Waals surface area contributed by atoms with Crippen molar-refractivity contribution in [1.82, 2.24) is 0 Å². The van der Waals surface area contributed by atoms with Gasteiger partial charge in [-0.2, -0.15) is 0 Å². The highest BCUT2D eigenvalue weighted by molar-refractivity contribution is 9.10. The molecule has 0 aliphatic carbocycles. The maximum atomic E-state index is 13.0. The van der Waals surface area contributed by atoms with Crippen LogP contribution in [0, 0.1) is 5.82 Å². The lowest BCUT2D eigenvalue weighted by Gasteiger charge is -2.13. The highest BCUT2D eigenvalue weighted by atomic mass is 79.9. The lowest BCUT2D eigenvalue weighted by Crippen LogP contribution is -2.37. The summed E-state index contributed by atoms with van der Waals surface area (Å²) < 4.78 is 13.4. The Balaban J connectivity index is 2.01. The summed E-state index contributed by atoms with van der Waals surface area (Å²) in [4.78, 5) is 12.0. The first kappa shape index (κ1) is 14.7. The van der Waals surface area contributed by atoms with E-state index in [-0.39, 0.29) is 11.7 Å². The van der Waals surface area contributed by atoms with Crippen molar-refractivity contribution in [3.63, 3.8) is 0 Å². The molecule has 0 aromatic heterocycles. The van der Waals surface area contributed by atoms with Crippen LogP contribution in [0.25, 0.3) is 0 Å². The lowest BCUT2D eigenvalue weighted by atomic mass is 10.1. The van der Waals surface area contributed by atoms with Crippen LogP contribution >= 0.6 is 15.9 Å². The van der Waals surface area contributed by atoms with Crippen LogP contribution in [0.3, 0.4) is 0 Å². The fourth-order valence-corrected chi connectivity index (χ4v) is 2.23. The third-order valence-electron chi connectivity index (χ3n) is 2.82. The Morgan fingerprint density at radius 3 is 2.60 bits per heavy atom. The molecule has 0 unspecified atom stereocenters. The fraction of sp³-hybridized carbons (Fsp3) is 0.133. The van der Waals surface area contributed by atoms with Crippen LogP contribution in [-0.2, 0) is 11.2 Å². The van der Waals surface area contributed by atoms with Gasteiger partial charge in [-0.15, -0.1) is 0 Å². The summed E-state index contributed by atoms with van der Waals surface area (Å²) in [5, 5.41) is 2.68. The number of hydrogen-bond acceptors (Lipinski definition) is 2. The number of carbonyl (C=O) groups excluding carboxylic acids is 1. The monoisotopic (exact) mass is 336 g/mol. The fourth-order valence-electron chi connectivity index (χ4n) is 1.78. The number of benzene rings is 2. The summed E-state index contributed by atoms with van der Waals surface area (Å²) >= 11 is 3.20. The number of amides is 1. The Morgan fingerprint density at radius 2 is 1.95 bits per heavy atom. The smallest absolute Gasteiger partial charge is 0.241 e. The van der Waals surface area contributed by atoms with E-state index in [0.29, 0.717) is 16.6 Å². The zero-order valence-electron chi connectivity index (χ0n) is 10.6. The van der Waals surface area contributed by atoms with Gasteiger partial charge in [0.1, 0.15) is 5.82 Å². The van der Waals surface area contributed by atoms with Crippen molar-refractivity contribution in [2.24, 2.45) is 5.73 Å². The number of carbonyl (C=O) groups is 1. The topological polar surface area (TPSA) is 55.1 Å². The predicted molar refractivity (Wildman–Crippen MR) is 80.9 cm³/mol. The number of halogens is 2. The van der Waals surface area contributed by atoms with Crippen molar-refractivity contribution in [3.8, 4) is 0 Å². The van der Waals surface area contributed by atoms with E-state index >= 15 is 0 Å². The average Bonchev–Trinajstić information content (AvgIpc) is 2.43. The van der Waals surface area contributed by atoms with Crippen molar-refractivity contribution in [2.45, 2.75) is 12.5 Å². The average molecular weight is 337 g/mol. The van der Waals surface area contributed by atoms with Crippen molar-refractivity contribution in [2.75, 3.05) is 5.32 Å². The predicted octanol–water partition coefficient (Wildman–Crippen LogP) is 3.10. The molecule has 0 spiro atoms. The molecule has 1 atom stereocenters. The second-order valence-corrected chi connectivity index (χ2v) is 5.26. The van der Waals surface area contributed by atoms with Crippen LogP contribution in [0.15, 0.2) is 53.0 Å². The highest BCUT2D eigenvalue weighted by Gasteiger charge is 2.15. The zero-order chi connectivity index (χ0) is 14.5. The third kappa shape index (κ3) is 3.88. The minimum Gasteiger partial charge on any atom is -0.324 e. The molecule has 5 heteroatoms. The molecular formula is C15H14BrFN2O. The van der Waals surface area contributed by atoms with Crippen LogP contribution in [-0.4, -0.2) is 11.9 Å². The lowest BCUT2D eigenvalue weighted by molar-refractivity contribution is -0.117. The molecule has 0 heterocycles. The van der Waals surface area contributed by atoms with Gasteiger partial charge < -0.3 is 11.1 Å². The van der Waals surface area contributed by atoms with E-state index in [1.54, 1.807) is 0 Å². The molecular weight excluding hydrogens is 323 g/mol. The Labute approximate surface area is 125 Å². The molecule has 20 heavy (non-hydrogen) atoms. The van der Waals surface area contributed by atoms with Gasteiger partial charge in [-0.25, -0.2) is 4.39 Å². The minimum absolute atomic E-state index is 0.304. The van der Waals surface area contributed by atoms with Gasteiger partial charge in [-0.05, 0) is 46.1 Å². The SMILES string of the molecule is N[C@H](Cc1ccccc1)C(=O)Nc1ccc(F)cc1Br. The van der Waals surface area contributed by atoms with Gasteiger partial charge in [0.25, 0.3) is 0 Å². The van der Waals surface area contributed by atoms with E-state index in [1.807, 2.05) is 30.3 Å². The number of hydrogen-bond donors (Lipinski definition) is 2. The van der Waals surface area contributed by atoms with E-state index in [9.17, 15) is 9.18 Å². The van der Waals surface area contributed by atoms with Crippen molar-refractivity contribution in [3.05, 3.63) is 64.4 Å². The molecule has 104 valence electrons. The molecule has 2 rings (SSSR count). The molecule has 0 bridgehead atoms. The largest absolute Gasteiger partial charge is 0.324 e. The summed E-state index contributed by atoms with van der Waals surface area (Å²) in [6, 6.07) is 12.9. The molecule has 2 aromatic rings. The summed E-state index contributed by atoms with van der Waals surface area (Å²) in [7, 11) is 0. The molecule has 0 aliphatic rings. The first-order chi connectivity index (χ1) is 9.56. The summed E-state index contributed by atoms with van der Waals surface area (Å²) in [5.41, 5.74) is 7.37. The van der Waals surface area contributed by atoms with Gasteiger partial charge in [0.05, 0.1) is 11.7 Å². The number of rotatable bonds is 4. The van der Waals surface area contributed by atoms with Crippen LogP contribution in [0.2, 0.25) is 0 Å². The van der Waals surface area contributed by atoms with Crippen molar-refractivity contribution in [1.29, 1.82) is 0 Å². The van der Waals surface area contributed by atoms with Gasteiger partial charge in [-0.1, -0.05) is 30.3 Å². The molecule has 0 fully saturated rings. The number of nitrogens with two attached hydrogens (primary N) is 1. The van der Waals surface area contributed by atoms with E-state index in [1.165, 1.54) is 18.2 Å². The summed E-state index contributed by atoms with van der Waals surface area (Å²) in [5.74, 6) is -0.676. The van der Waals surface area contributed by atoms with E-state index in [0.717, 1.165) is 5.56 Å². The van der Waals surface area contributed by atoms with Gasteiger partial charge in [0.2, 0.25) is 5.91 Å². The third-order valence-corrected chi connectivity index (χ3v) is 3.48. The minimum atomic E-state index is -0.658. The first-order valence-electron chi connectivity index (χ1n) is 6.11. The van der Waals surface area contributed by atoms with Crippen LogP contribution in [0.5, 0.6) is 0 Å². The van der Waals surface area contributed by atoms with Crippen LogP contribution in [0.1, 0.15) is 5.56 Å². The van der Waals surface area contributed by atoms with Gasteiger partial charge in [0, 0.05) is 4.47 Å². The Hall–Kier alpha value is -1.72. The van der Waals surface area contributed by atoms with Gasteiger partial charge in [-0.3, -0.25) is 4.79 Å². The second kappa shape index (κ2) is 6.63. The van der Waals surface area contributed by atoms with Gasteiger partial charge >= 0.3 is 0 Å². The first-order valence-corrected chi connectivity index (χ1v) is 6.91. The highest BCUT2D eigenvalue weighted by Crippen LogP contribution is 2.23. The van der Waals surface area contributed by atoms with Crippen LogP contribution < -0.4 is 11.1 Å². The summed E-state index contributed by atoms with van der Waals surface area (Å²) in [6.45, 7) is 0. The van der Waals surface area contributed by atoms with Crippen molar-refractivity contribution < 1.29 is 9.18 Å². The second-order valence-electron chi connectivity index (χ2n) is 4.41. The Kier molecular flexibility index (Phi) is 4.87. The van der Waals surface area contributed by atoms with E-state index in [4.69, 9.17) is 5.73 Å². The molecule has 3 nitrogen and oxygen atoms in total. The normalized spacial score (nSPS) is 11.9. The quantitative estimate of drug-likeness (QED) is 0.901. The standard InChI is InChI=1S/C15H14BrFN2O/c16-12-9-11(17)6-7-14(12)19-15(20)13(18)8-10-4-2-1-3-5-10/h1-7,9,13H,8,18H2,(H,19,20)/t13-/m1/s1. The molecule has 1 amide bonds. The Bertz CT molecular complexity index is 604. The molecule has 0 aliphatic heterocycles. The molecule has 3 N–H and O–H groups in total. The zero-order valence-corrected chi connectivity index (χ0v) is 12.2. The van der Waals surface area contributed by atoms with Crippen molar-refractivity contribution >= 4 is 27.5 Å². The molecule has 0 saturated heterocycles. The molecule has 0 saturated carbocycles. The molecule has 2 aromatic carbocycles. The maximum absolute atomic E-state index is 13.0. The van der Waals surface area contributed by atoms with Gasteiger partial charge in [0.15, 0.2) is 0 Å². The van der Waals surface area contributed by atoms with E-state index in [2.05, 4.69) is 21.2 Å². The molecule has 0 radical (unpaired) electrons. The number of nitrogens with one attached hydrogen (secondary N) is 1.